The molecule has 0 saturated carbocycles. The van der Waals surface area contributed by atoms with Crippen LogP contribution in [0.2, 0.25) is 0 Å². The van der Waals surface area contributed by atoms with E-state index in [1.807, 2.05) is 24.3 Å². The number of aliphatic hydroxyl groups is 1. The minimum atomic E-state index is -0.854. The van der Waals surface area contributed by atoms with Crippen LogP contribution in [-0.2, 0) is 4.74 Å². The van der Waals surface area contributed by atoms with Crippen LogP contribution in [-0.4, -0.2) is 31.4 Å². The van der Waals surface area contributed by atoms with Crippen LogP contribution in [0.4, 0.5) is 5.69 Å². The summed E-state index contributed by atoms with van der Waals surface area (Å²) in [5, 5.41) is 9.76. The smallest absolute Gasteiger partial charge is 0.140 e. The van der Waals surface area contributed by atoms with E-state index in [0.717, 1.165) is 43.0 Å². The molecular weight excluding hydrogens is 274 g/mol. The molecule has 2 aromatic rings. The Morgan fingerprint density at radius 2 is 1.77 bits per heavy atom. The Labute approximate surface area is 131 Å². The average Bonchev–Trinajstić information content (AvgIpc) is 2.62. The molecule has 2 aromatic carbocycles. The molecule has 0 amide bonds. The van der Waals surface area contributed by atoms with E-state index >= 15 is 0 Å². The van der Waals surface area contributed by atoms with Crippen molar-refractivity contribution in [2.24, 2.45) is 0 Å². The lowest BCUT2D eigenvalue weighted by Gasteiger charge is -2.28. The monoisotopic (exact) mass is 293 g/mol. The maximum atomic E-state index is 9.76. The van der Waals surface area contributed by atoms with Crippen LogP contribution < -0.4 is 4.90 Å². The summed E-state index contributed by atoms with van der Waals surface area (Å²) in [5.74, 6) is 2.35. The molecule has 0 spiro atoms. The van der Waals surface area contributed by atoms with Crippen LogP contribution in [0.25, 0.3) is 11.1 Å². The van der Waals surface area contributed by atoms with Crippen LogP contribution in [0.3, 0.4) is 0 Å². The highest BCUT2D eigenvalue weighted by atomic mass is 16.5. The molecule has 0 bridgehead atoms. The van der Waals surface area contributed by atoms with Crippen molar-refractivity contribution in [1.82, 2.24) is 0 Å². The van der Waals surface area contributed by atoms with Crippen LogP contribution >= 0.6 is 0 Å². The second-order valence-corrected chi connectivity index (χ2v) is 5.34. The van der Waals surface area contributed by atoms with Gasteiger partial charge >= 0.3 is 0 Å². The van der Waals surface area contributed by atoms with Gasteiger partial charge in [-0.3, -0.25) is 0 Å². The number of nitrogens with zero attached hydrogens (tertiary/aromatic N) is 1. The number of aliphatic hydroxyl groups excluding tert-OH is 1. The maximum absolute atomic E-state index is 9.76. The Balaban J connectivity index is 1.82. The summed E-state index contributed by atoms with van der Waals surface area (Å²) in [5.41, 5.74) is 4.13. The van der Waals surface area contributed by atoms with Gasteiger partial charge in [-0.05, 0) is 34.9 Å². The Hall–Kier alpha value is -2.28. The van der Waals surface area contributed by atoms with Crippen molar-refractivity contribution < 1.29 is 9.84 Å². The van der Waals surface area contributed by atoms with E-state index in [1.165, 1.54) is 5.69 Å². The zero-order valence-electron chi connectivity index (χ0n) is 12.4. The fraction of sp³-hybridized carbons (Fsp3) is 0.263. The largest absolute Gasteiger partial charge is 0.378 e. The lowest BCUT2D eigenvalue weighted by Crippen LogP contribution is -2.36. The molecule has 112 valence electrons. The highest BCUT2D eigenvalue weighted by molar-refractivity contribution is 5.67. The van der Waals surface area contributed by atoms with Crippen LogP contribution in [0, 0.1) is 12.3 Å². The minimum Gasteiger partial charge on any atom is -0.378 e. The lowest BCUT2D eigenvalue weighted by atomic mass is 10.0. The SMILES string of the molecule is C#CC(O)c1cccc(-c2ccc(N3CCOCC3)cc2)c1. The van der Waals surface area contributed by atoms with Gasteiger partial charge in [-0.15, -0.1) is 6.42 Å². The van der Waals surface area contributed by atoms with E-state index in [0.29, 0.717) is 0 Å². The fourth-order valence-corrected chi connectivity index (χ4v) is 2.67. The standard InChI is InChI=1S/C19H19NO2/c1-2-19(21)17-5-3-4-16(14-17)15-6-8-18(9-7-15)20-10-12-22-13-11-20/h1,3-9,14,19,21H,10-13H2. The fourth-order valence-electron chi connectivity index (χ4n) is 2.67. The van der Waals surface area contributed by atoms with E-state index < -0.39 is 6.10 Å². The third-order valence-corrected chi connectivity index (χ3v) is 3.94. The lowest BCUT2D eigenvalue weighted by molar-refractivity contribution is 0.122. The first kappa shape index (κ1) is 14.6. The van der Waals surface area contributed by atoms with Crippen molar-refractivity contribution in [2.45, 2.75) is 6.10 Å². The number of morpholine rings is 1. The van der Waals surface area contributed by atoms with E-state index in [4.69, 9.17) is 11.2 Å². The Morgan fingerprint density at radius 1 is 1.05 bits per heavy atom. The molecule has 1 fully saturated rings. The van der Waals surface area contributed by atoms with Gasteiger partial charge in [-0.25, -0.2) is 0 Å². The van der Waals surface area contributed by atoms with Crippen LogP contribution in [0.5, 0.6) is 0 Å². The summed E-state index contributed by atoms with van der Waals surface area (Å²) in [6.45, 7) is 3.44. The molecule has 22 heavy (non-hydrogen) atoms. The number of terminal acetylenes is 1. The topological polar surface area (TPSA) is 32.7 Å². The zero-order chi connectivity index (χ0) is 15.4. The van der Waals surface area contributed by atoms with Crippen molar-refractivity contribution in [3.05, 3.63) is 54.1 Å². The second kappa shape index (κ2) is 6.65. The van der Waals surface area contributed by atoms with Gasteiger partial charge in [-0.1, -0.05) is 36.3 Å². The van der Waals surface area contributed by atoms with Gasteiger partial charge in [0.25, 0.3) is 0 Å². The minimum absolute atomic E-state index is 0.747. The number of hydrogen-bond acceptors (Lipinski definition) is 3. The van der Waals surface area contributed by atoms with E-state index in [-0.39, 0.29) is 0 Å². The Bertz CT molecular complexity index is 667. The van der Waals surface area contributed by atoms with Crippen molar-refractivity contribution in [1.29, 1.82) is 0 Å². The third kappa shape index (κ3) is 3.14. The first-order chi connectivity index (χ1) is 10.8. The van der Waals surface area contributed by atoms with Gasteiger partial charge in [0.05, 0.1) is 13.2 Å². The molecule has 1 heterocycles. The van der Waals surface area contributed by atoms with Gasteiger partial charge in [0, 0.05) is 18.8 Å². The summed E-state index contributed by atoms with van der Waals surface area (Å²) < 4.78 is 5.38. The van der Waals surface area contributed by atoms with Gasteiger partial charge in [0.15, 0.2) is 0 Å². The number of ether oxygens (including phenoxy) is 1. The summed E-state index contributed by atoms with van der Waals surface area (Å²) in [6.07, 6.45) is 4.43. The van der Waals surface area contributed by atoms with Crippen molar-refractivity contribution in [2.75, 3.05) is 31.2 Å². The highest BCUT2D eigenvalue weighted by Crippen LogP contribution is 2.26. The van der Waals surface area contributed by atoms with Crippen LogP contribution in [0.15, 0.2) is 48.5 Å². The molecule has 0 aliphatic carbocycles. The normalized spacial score (nSPS) is 16.1. The molecule has 3 heteroatoms. The highest BCUT2D eigenvalue weighted by Gasteiger charge is 2.11. The van der Waals surface area contributed by atoms with E-state index in [2.05, 4.69) is 35.1 Å². The average molecular weight is 293 g/mol. The van der Waals surface area contributed by atoms with Gasteiger partial charge in [0.1, 0.15) is 6.10 Å². The summed E-state index contributed by atoms with van der Waals surface area (Å²) >= 11 is 0. The molecule has 3 rings (SSSR count). The molecular formula is C19H19NO2. The number of rotatable bonds is 3. The van der Waals surface area contributed by atoms with E-state index in [1.54, 1.807) is 0 Å². The Morgan fingerprint density at radius 3 is 2.45 bits per heavy atom. The molecule has 0 aromatic heterocycles. The quantitative estimate of drug-likeness (QED) is 0.883. The molecule has 1 saturated heterocycles. The van der Waals surface area contributed by atoms with Gasteiger partial charge in [-0.2, -0.15) is 0 Å². The number of benzene rings is 2. The second-order valence-electron chi connectivity index (χ2n) is 5.34. The molecule has 3 nitrogen and oxygen atoms in total. The van der Waals surface area contributed by atoms with Crippen LogP contribution in [0.1, 0.15) is 11.7 Å². The summed E-state index contributed by atoms with van der Waals surface area (Å²) in [4.78, 5) is 2.33. The van der Waals surface area contributed by atoms with Crippen molar-refractivity contribution in [3.8, 4) is 23.5 Å². The maximum Gasteiger partial charge on any atom is 0.140 e. The predicted octanol–water partition coefficient (Wildman–Crippen LogP) is 2.86. The van der Waals surface area contributed by atoms with Crippen molar-refractivity contribution in [3.63, 3.8) is 0 Å². The number of hydrogen-bond donors (Lipinski definition) is 1. The first-order valence-electron chi connectivity index (χ1n) is 7.45. The molecule has 1 aliphatic rings. The Kier molecular flexibility index (Phi) is 4.43. The zero-order valence-corrected chi connectivity index (χ0v) is 12.4. The molecule has 0 radical (unpaired) electrons. The summed E-state index contributed by atoms with van der Waals surface area (Å²) in [7, 11) is 0. The summed E-state index contributed by atoms with van der Waals surface area (Å²) in [6, 6.07) is 16.2. The molecule has 1 atom stereocenters. The molecule has 1 unspecified atom stereocenters. The van der Waals surface area contributed by atoms with Gasteiger partial charge < -0.3 is 14.7 Å². The van der Waals surface area contributed by atoms with E-state index in [9.17, 15) is 5.11 Å². The van der Waals surface area contributed by atoms with Crippen molar-refractivity contribution >= 4 is 5.69 Å². The third-order valence-electron chi connectivity index (χ3n) is 3.94. The predicted molar refractivity (Wildman–Crippen MR) is 88.7 cm³/mol. The number of anilines is 1. The molecule has 1 aliphatic heterocycles. The first-order valence-corrected chi connectivity index (χ1v) is 7.45. The molecule has 1 N–H and O–H groups in total. The van der Waals surface area contributed by atoms with Gasteiger partial charge in [0.2, 0.25) is 0 Å².